The van der Waals surface area contributed by atoms with Gasteiger partial charge in [0.15, 0.2) is 5.75 Å². The Bertz CT molecular complexity index is 842. The van der Waals surface area contributed by atoms with Gasteiger partial charge < -0.3 is 9.47 Å². The van der Waals surface area contributed by atoms with Crippen LogP contribution >= 0.6 is 0 Å². The molecular weight excluding hydrogens is 345 g/mol. The van der Waals surface area contributed by atoms with Gasteiger partial charge in [0.2, 0.25) is 0 Å². The van der Waals surface area contributed by atoms with Crippen LogP contribution in [-0.4, -0.2) is 41.2 Å². The third-order valence-electron chi connectivity index (χ3n) is 5.57. The van der Waals surface area contributed by atoms with Crippen molar-refractivity contribution in [1.82, 2.24) is 14.9 Å². The number of fused-ring (bicyclic) bond motifs is 1. The molecule has 144 valence electrons. The van der Waals surface area contributed by atoms with Crippen LogP contribution in [0.25, 0.3) is 0 Å². The molecule has 1 saturated heterocycles. The third-order valence-corrected chi connectivity index (χ3v) is 5.57. The summed E-state index contributed by atoms with van der Waals surface area (Å²) in [5, 5.41) is 0. The molecule has 4 rings (SSSR count). The third kappa shape index (κ3) is 3.63. The fourth-order valence-electron chi connectivity index (χ4n) is 4.12. The summed E-state index contributed by atoms with van der Waals surface area (Å²) in [6.07, 6.45) is 2.04. The summed E-state index contributed by atoms with van der Waals surface area (Å²) in [6, 6.07) is 5.98. The second-order valence-corrected chi connectivity index (χ2v) is 7.50. The number of hydrogen-bond donors (Lipinski definition) is 0. The molecule has 0 aliphatic carbocycles. The van der Waals surface area contributed by atoms with Gasteiger partial charge in [-0.2, -0.15) is 0 Å². The molecule has 2 aliphatic heterocycles. The van der Waals surface area contributed by atoms with E-state index in [1.54, 1.807) is 6.92 Å². The summed E-state index contributed by atoms with van der Waals surface area (Å²) in [7, 11) is 0. The number of halogens is 1. The van der Waals surface area contributed by atoms with E-state index in [4.69, 9.17) is 9.47 Å². The van der Waals surface area contributed by atoms with E-state index in [1.807, 2.05) is 25.1 Å². The maximum atomic E-state index is 14.7. The number of ether oxygens (including phenoxy) is 2. The Kier molecular flexibility index (Phi) is 5.00. The van der Waals surface area contributed by atoms with Gasteiger partial charge in [-0.25, -0.2) is 9.37 Å². The standard InChI is InChI=1S/C21H26FN3O2/c1-13-11-17(20(22)14(2)23-13)16-5-4-8-25(12-16)15(3)18-6-7-19-21(24-18)27-10-9-26-19/h6-7,11,15-16H,4-5,8-10,12H2,1-3H3/t15-,16+/m1/s1. The monoisotopic (exact) mass is 371 g/mol. The lowest BCUT2D eigenvalue weighted by Crippen LogP contribution is -2.37. The molecule has 0 unspecified atom stereocenters. The van der Waals surface area contributed by atoms with E-state index in [1.165, 1.54) is 0 Å². The smallest absolute Gasteiger partial charge is 0.257 e. The summed E-state index contributed by atoms with van der Waals surface area (Å²) in [5.74, 6) is 1.31. The van der Waals surface area contributed by atoms with Crippen LogP contribution in [0.4, 0.5) is 4.39 Å². The number of aryl methyl sites for hydroxylation is 2. The Labute approximate surface area is 159 Å². The first-order valence-electron chi connectivity index (χ1n) is 9.67. The molecule has 2 aromatic rings. The molecule has 4 heterocycles. The van der Waals surface area contributed by atoms with Gasteiger partial charge in [0.1, 0.15) is 19.0 Å². The van der Waals surface area contributed by atoms with Gasteiger partial charge in [-0.3, -0.25) is 9.88 Å². The molecule has 0 N–H and O–H groups in total. The number of piperidine rings is 1. The van der Waals surface area contributed by atoms with E-state index in [0.717, 1.165) is 42.9 Å². The average Bonchev–Trinajstić information content (AvgIpc) is 2.70. The molecule has 6 heteroatoms. The van der Waals surface area contributed by atoms with E-state index in [9.17, 15) is 4.39 Å². The van der Waals surface area contributed by atoms with Crippen molar-refractivity contribution in [3.05, 3.63) is 46.7 Å². The van der Waals surface area contributed by atoms with Crippen LogP contribution in [0.15, 0.2) is 18.2 Å². The second-order valence-electron chi connectivity index (χ2n) is 7.50. The minimum atomic E-state index is -0.155. The van der Waals surface area contributed by atoms with E-state index in [2.05, 4.69) is 21.8 Å². The van der Waals surface area contributed by atoms with E-state index < -0.39 is 0 Å². The van der Waals surface area contributed by atoms with Crippen molar-refractivity contribution in [2.45, 2.75) is 45.6 Å². The van der Waals surface area contributed by atoms with Gasteiger partial charge >= 0.3 is 0 Å². The number of rotatable bonds is 3. The quantitative estimate of drug-likeness (QED) is 0.818. The van der Waals surface area contributed by atoms with Crippen LogP contribution in [0.3, 0.4) is 0 Å². The first-order valence-corrected chi connectivity index (χ1v) is 9.67. The van der Waals surface area contributed by atoms with Crippen molar-refractivity contribution < 1.29 is 13.9 Å². The lowest BCUT2D eigenvalue weighted by Gasteiger charge is -2.37. The maximum Gasteiger partial charge on any atom is 0.257 e. The zero-order chi connectivity index (χ0) is 19.0. The molecule has 0 spiro atoms. The lowest BCUT2D eigenvalue weighted by molar-refractivity contribution is 0.147. The number of aromatic nitrogens is 2. The number of hydrogen-bond acceptors (Lipinski definition) is 5. The van der Waals surface area contributed by atoms with Crippen LogP contribution in [0, 0.1) is 19.7 Å². The largest absolute Gasteiger partial charge is 0.484 e. The first-order chi connectivity index (χ1) is 13.0. The molecule has 2 atom stereocenters. The summed E-state index contributed by atoms with van der Waals surface area (Å²) < 4.78 is 25.9. The van der Waals surface area contributed by atoms with Crippen molar-refractivity contribution in [3.63, 3.8) is 0 Å². The number of pyridine rings is 2. The van der Waals surface area contributed by atoms with Gasteiger partial charge in [0, 0.05) is 18.3 Å². The van der Waals surface area contributed by atoms with Crippen LogP contribution in [0.5, 0.6) is 11.6 Å². The van der Waals surface area contributed by atoms with Crippen molar-refractivity contribution in [2.24, 2.45) is 0 Å². The van der Waals surface area contributed by atoms with Crippen LogP contribution in [0.1, 0.15) is 54.4 Å². The summed E-state index contributed by atoms with van der Waals surface area (Å²) >= 11 is 0. The van der Waals surface area contributed by atoms with Gasteiger partial charge in [0.05, 0.1) is 11.4 Å². The molecule has 0 saturated carbocycles. The molecule has 27 heavy (non-hydrogen) atoms. The Morgan fingerprint density at radius 2 is 2.00 bits per heavy atom. The Morgan fingerprint density at radius 1 is 1.19 bits per heavy atom. The molecular formula is C21H26FN3O2. The predicted octanol–water partition coefficient (Wildman–Crippen LogP) is 3.94. The summed E-state index contributed by atoms with van der Waals surface area (Å²) in [5.41, 5.74) is 3.13. The van der Waals surface area contributed by atoms with Crippen LogP contribution in [-0.2, 0) is 0 Å². The fraction of sp³-hybridized carbons (Fsp3) is 0.524. The lowest BCUT2D eigenvalue weighted by atomic mass is 9.89. The van der Waals surface area contributed by atoms with Crippen molar-refractivity contribution >= 4 is 0 Å². The van der Waals surface area contributed by atoms with Crippen LogP contribution in [0.2, 0.25) is 0 Å². The normalized spacial score (nSPS) is 21.1. The SMILES string of the molecule is Cc1cc([C@H]2CCCN([C@H](C)c3ccc4c(n3)OCCO4)C2)c(F)c(C)n1. The molecule has 2 aromatic heterocycles. The van der Waals surface area contributed by atoms with Gasteiger partial charge in [-0.1, -0.05) is 0 Å². The average molecular weight is 371 g/mol. The van der Waals surface area contributed by atoms with Crippen molar-refractivity contribution in [2.75, 3.05) is 26.3 Å². The molecule has 0 aromatic carbocycles. The minimum absolute atomic E-state index is 0.135. The van der Waals surface area contributed by atoms with E-state index in [-0.39, 0.29) is 17.8 Å². The highest BCUT2D eigenvalue weighted by Gasteiger charge is 2.29. The second kappa shape index (κ2) is 7.43. The van der Waals surface area contributed by atoms with Crippen LogP contribution < -0.4 is 9.47 Å². The molecule has 0 bridgehead atoms. The first kappa shape index (κ1) is 18.2. The topological polar surface area (TPSA) is 47.5 Å². The number of likely N-dealkylation sites (tertiary alicyclic amines) is 1. The zero-order valence-electron chi connectivity index (χ0n) is 16.2. The Balaban J connectivity index is 1.54. The van der Waals surface area contributed by atoms with E-state index >= 15 is 0 Å². The van der Waals surface area contributed by atoms with Gasteiger partial charge in [0.25, 0.3) is 5.88 Å². The van der Waals surface area contributed by atoms with Crippen molar-refractivity contribution in [1.29, 1.82) is 0 Å². The van der Waals surface area contributed by atoms with Gasteiger partial charge in [-0.15, -0.1) is 0 Å². The highest BCUT2D eigenvalue weighted by Crippen LogP contribution is 2.35. The summed E-state index contributed by atoms with van der Waals surface area (Å²) in [4.78, 5) is 11.3. The molecule has 2 aliphatic rings. The minimum Gasteiger partial charge on any atom is -0.484 e. The van der Waals surface area contributed by atoms with Gasteiger partial charge in [-0.05, 0) is 69.8 Å². The highest BCUT2D eigenvalue weighted by molar-refractivity contribution is 5.36. The fourth-order valence-corrected chi connectivity index (χ4v) is 4.12. The van der Waals surface area contributed by atoms with Crippen molar-refractivity contribution in [3.8, 4) is 11.6 Å². The zero-order valence-corrected chi connectivity index (χ0v) is 16.2. The predicted molar refractivity (Wildman–Crippen MR) is 101 cm³/mol. The molecule has 1 fully saturated rings. The number of nitrogens with zero attached hydrogens (tertiary/aromatic N) is 3. The van der Waals surface area contributed by atoms with E-state index in [0.29, 0.717) is 30.5 Å². The Morgan fingerprint density at radius 3 is 2.85 bits per heavy atom. The highest BCUT2D eigenvalue weighted by atomic mass is 19.1. The Hall–Kier alpha value is -2.21. The molecule has 5 nitrogen and oxygen atoms in total. The molecule has 0 radical (unpaired) electrons. The summed E-state index contributed by atoms with van der Waals surface area (Å²) in [6.45, 7) is 8.72. The maximum absolute atomic E-state index is 14.7. The molecule has 0 amide bonds.